The van der Waals surface area contributed by atoms with Crippen LogP contribution >= 0.6 is 0 Å². The lowest BCUT2D eigenvalue weighted by Crippen LogP contribution is -2.12. The lowest BCUT2D eigenvalue weighted by atomic mass is 10.0. The molecule has 0 N–H and O–H groups in total. The Balaban J connectivity index is 2.24. The number of aldehydes is 1. The quantitative estimate of drug-likeness (QED) is 0.370. The average molecular weight is 238 g/mol. The summed E-state index contributed by atoms with van der Waals surface area (Å²) in [5.74, 6) is -0.330. The topological polar surface area (TPSA) is 43.4 Å². The third-order valence-corrected chi connectivity index (χ3v) is 3.28. The van der Waals surface area contributed by atoms with E-state index in [9.17, 15) is 9.59 Å². The van der Waals surface area contributed by atoms with Crippen LogP contribution in [0.25, 0.3) is 0 Å². The second-order valence-electron chi connectivity index (χ2n) is 4.65. The number of hydrogen-bond acceptors (Lipinski definition) is 3. The number of esters is 1. The summed E-state index contributed by atoms with van der Waals surface area (Å²) in [7, 11) is 0. The molecular formula is C14H22O3. The maximum atomic E-state index is 11.3. The van der Waals surface area contributed by atoms with E-state index in [0.717, 1.165) is 25.5 Å². The van der Waals surface area contributed by atoms with Crippen LogP contribution in [-0.4, -0.2) is 18.4 Å². The van der Waals surface area contributed by atoms with E-state index in [1.807, 2.05) is 0 Å². The van der Waals surface area contributed by atoms with Gasteiger partial charge >= 0.3 is 5.97 Å². The van der Waals surface area contributed by atoms with Crippen molar-refractivity contribution in [2.45, 2.75) is 64.9 Å². The van der Waals surface area contributed by atoms with Crippen LogP contribution in [0.1, 0.15) is 58.8 Å². The van der Waals surface area contributed by atoms with Crippen LogP contribution in [0.15, 0.2) is 11.1 Å². The second-order valence-corrected chi connectivity index (χ2v) is 4.65. The lowest BCUT2D eigenvalue weighted by Gasteiger charge is -2.10. The molecule has 1 unspecified atom stereocenters. The van der Waals surface area contributed by atoms with Gasteiger partial charge in [-0.3, -0.25) is 4.79 Å². The van der Waals surface area contributed by atoms with E-state index in [2.05, 4.69) is 6.92 Å². The predicted molar refractivity (Wildman–Crippen MR) is 66.6 cm³/mol. The first-order chi connectivity index (χ1) is 8.20. The smallest absolute Gasteiger partial charge is 0.334 e. The molecule has 0 aromatic carbocycles. The Morgan fingerprint density at radius 2 is 1.82 bits per heavy atom. The second kappa shape index (κ2) is 7.25. The summed E-state index contributed by atoms with van der Waals surface area (Å²) in [6.07, 6.45) is 8.47. The molecule has 3 nitrogen and oxygen atoms in total. The summed E-state index contributed by atoms with van der Waals surface area (Å²) in [5.41, 5.74) is 1.03. The van der Waals surface area contributed by atoms with Gasteiger partial charge in [-0.15, -0.1) is 0 Å². The van der Waals surface area contributed by atoms with Crippen molar-refractivity contribution in [2.75, 3.05) is 0 Å². The average Bonchev–Trinajstić information content (AvgIpc) is 2.59. The molecule has 0 radical (unpaired) electrons. The highest BCUT2D eigenvalue weighted by Gasteiger charge is 2.30. The lowest BCUT2D eigenvalue weighted by molar-refractivity contribution is -0.139. The number of carbonyl (C=O) groups is 2. The number of hydrogen-bond donors (Lipinski definition) is 0. The largest absolute Gasteiger partial charge is 0.454 e. The molecule has 17 heavy (non-hydrogen) atoms. The molecule has 1 aliphatic heterocycles. The van der Waals surface area contributed by atoms with Crippen molar-refractivity contribution in [3.05, 3.63) is 11.1 Å². The third kappa shape index (κ3) is 3.99. The molecule has 0 amide bonds. The Bertz CT molecular complexity index is 305. The molecule has 1 rings (SSSR count). The number of cyclic esters (lactones) is 1. The normalized spacial score (nSPS) is 19.6. The van der Waals surface area contributed by atoms with E-state index in [1.165, 1.54) is 25.7 Å². The van der Waals surface area contributed by atoms with E-state index in [1.54, 1.807) is 6.92 Å². The number of ether oxygens (including phenoxy) is 1. The summed E-state index contributed by atoms with van der Waals surface area (Å²) >= 11 is 0. The van der Waals surface area contributed by atoms with Gasteiger partial charge in [0.15, 0.2) is 0 Å². The molecule has 1 aliphatic rings. The van der Waals surface area contributed by atoms with Gasteiger partial charge in [0.05, 0.1) is 0 Å². The first-order valence-electron chi connectivity index (χ1n) is 6.57. The fourth-order valence-corrected chi connectivity index (χ4v) is 2.13. The Kier molecular flexibility index (Phi) is 5.95. The van der Waals surface area contributed by atoms with Crippen molar-refractivity contribution in [3.63, 3.8) is 0 Å². The zero-order valence-electron chi connectivity index (χ0n) is 10.8. The van der Waals surface area contributed by atoms with Gasteiger partial charge in [-0.05, 0) is 19.8 Å². The van der Waals surface area contributed by atoms with Gasteiger partial charge in [-0.1, -0.05) is 39.0 Å². The fourth-order valence-electron chi connectivity index (χ4n) is 2.13. The molecule has 0 aliphatic carbocycles. The third-order valence-electron chi connectivity index (χ3n) is 3.28. The van der Waals surface area contributed by atoms with Crippen molar-refractivity contribution in [1.82, 2.24) is 0 Å². The van der Waals surface area contributed by atoms with Crippen LogP contribution in [0.2, 0.25) is 0 Å². The maximum Gasteiger partial charge on any atom is 0.334 e. The molecule has 0 spiro atoms. The first-order valence-corrected chi connectivity index (χ1v) is 6.57. The fraction of sp³-hybridized carbons (Fsp3) is 0.714. The van der Waals surface area contributed by atoms with Crippen molar-refractivity contribution in [3.8, 4) is 0 Å². The summed E-state index contributed by atoms with van der Waals surface area (Å²) < 4.78 is 5.16. The monoisotopic (exact) mass is 238 g/mol. The molecule has 0 saturated heterocycles. The van der Waals surface area contributed by atoms with E-state index in [-0.39, 0.29) is 12.1 Å². The SMILES string of the molecule is CCCCCCCCC1OC(=O)C(C)=C1C=O. The molecule has 0 aromatic rings. The predicted octanol–water partition coefficient (Wildman–Crippen LogP) is 3.18. The molecule has 1 atom stereocenters. The standard InChI is InChI=1S/C14H22O3/c1-3-4-5-6-7-8-9-13-12(10-15)11(2)14(16)17-13/h10,13H,3-9H2,1-2H3. The summed E-state index contributed by atoms with van der Waals surface area (Å²) in [4.78, 5) is 22.1. The molecule has 0 saturated carbocycles. The highest BCUT2D eigenvalue weighted by Crippen LogP contribution is 2.25. The molecule has 0 fully saturated rings. The van der Waals surface area contributed by atoms with Crippen LogP contribution in [-0.2, 0) is 14.3 Å². The molecule has 0 aromatic heterocycles. The number of rotatable bonds is 8. The minimum atomic E-state index is -0.330. The first kappa shape index (κ1) is 13.9. The molecular weight excluding hydrogens is 216 g/mol. The van der Waals surface area contributed by atoms with Crippen LogP contribution in [0.3, 0.4) is 0 Å². The minimum Gasteiger partial charge on any atom is -0.454 e. The Morgan fingerprint density at radius 3 is 2.47 bits per heavy atom. The Hall–Kier alpha value is -1.12. The van der Waals surface area contributed by atoms with Crippen LogP contribution < -0.4 is 0 Å². The van der Waals surface area contributed by atoms with E-state index in [0.29, 0.717) is 11.1 Å². The van der Waals surface area contributed by atoms with Crippen LogP contribution in [0.5, 0.6) is 0 Å². The maximum absolute atomic E-state index is 11.3. The van der Waals surface area contributed by atoms with Gasteiger partial charge in [0.1, 0.15) is 12.4 Å². The van der Waals surface area contributed by atoms with E-state index < -0.39 is 0 Å². The molecule has 1 heterocycles. The van der Waals surface area contributed by atoms with Crippen LogP contribution in [0, 0.1) is 0 Å². The number of carbonyl (C=O) groups excluding carboxylic acids is 2. The molecule has 0 bridgehead atoms. The molecule has 3 heteroatoms. The van der Waals surface area contributed by atoms with E-state index >= 15 is 0 Å². The van der Waals surface area contributed by atoms with E-state index in [4.69, 9.17) is 4.74 Å². The van der Waals surface area contributed by atoms with Crippen LogP contribution in [0.4, 0.5) is 0 Å². The minimum absolute atomic E-state index is 0.286. The van der Waals surface area contributed by atoms with Crippen molar-refractivity contribution >= 4 is 12.3 Å². The van der Waals surface area contributed by atoms with Gasteiger partial charge in [0.2, 0.25) is 0 Å². The van der Waals surface area contributed by atoms with Gasteiger partial charge in [-0.25, -0.2) is 4.79 Å². The summed E-state index contributed by atoms with van der Waals surface area (Å²) in [6.45, 7) is 3.86. The van der Waals surface area contributed by atoms with Gasteiger partial charge < -0.3 is 4.74 Å². The highest BCUT2D eigenvalue weighted by molar-refractivity contribution is 5.98. The van der Waals surface area contributed by atoms with Crippen molar-refractivity contribution in [1.29, 1.82) is 0 Å². The zero-order valence-corrected chi connectivity index (χ0v) is 10.8. The van der Waals surface area contributed by atoms with Gasteiger partial charge in [-0.2, -0.15) is 0 Å². The Labute approximate surface area is 103 Å². The van der Waals surface area contributed by atoms with Gasteiger partial charge in [0.25, 0.3) is 0 Å². The zero-order chi connectivity index (χ0) is 12.7. The summed E-state index contributed by atoms with van der Waals surface area (Å²) in [6, 6.07) is 0. The van der Waals surface area contributed by atoms with Gasteiger partial charge in [0, 0.05) is 11.1 Å². The Morgan fingerprint density at radius 1 is 1.18 bits per heavy atom. The van der Waals surface area contributed by atoms with Crippen molar-refractivity contribution in [2.24, 2.45) is 0 Å². The highest BCUT2D eigenvalue weighted by atomic mass is 16.5. The summed E-state index contributed by atoms with van der Waals surface area (Å²) in [5, 5.41) is 0. The molecule has 96 valence electrons. The van der Waals surface area contributed by atoms with Crippen molar-refractivity contribution < 1.29 is 14.3 Å². The number of unbranched alkanes of at least 4 members (excludes halogenated alkanes) is 5.